The summed E-state index contributed by atoms with van der Waals surface area (Å²) < 4.78 is 48.9. The summed E-state index contributed by atoms with van der Waals surface area (Å²) in [5.41, 5.74) is 10.1. The van der Waals surface area contributed by atoms with E-state index in [1.807, 2.05) is 38.1 Å². The first-order valence-electron chi connectivity index (χ1n) is 13.6. The number of hydrogen-bond acceptors (Lipinski definition) is 5. The van der Waals surface area contributed by atoms with Crippen LogP contribution in [0.2, 0.25) is 0 Å². The second-order valence-electron chi connectivity index (χ2n) is 11.9. The number of halogens is 3. The Hall–Kier alpha value is -3.92. The van der Waals surface area contributed by atoms with Gasteiger partial charge in [0.2, 0.25) is 5.88 Å². The summed E-state index contributed by atoms with van der Waals surface area (Å²) in [7, 11) is 0. The molecule has 1 aliphatic heterocycles. The molecule has 4 aromatic rings. The summed E-state index contributed by atoms with van der Waals surface area (Å²) in [6, 6.07) is 10.9. The lowest BCUT2D eigenvalue weighted by Gasteiger charge is -2.23. The lowest BCUT2D eigenvalue weighted by Crippen LogP contribution is -2.33. The number of nitrogens with zero attached hydrogens (tertiary/aromatic N) is 4. The summed E-state index contributed by atoms with van der Waals surface area (Å²) in [6.07, 6.45) is -1.85. The smallest absolute Gasteiger partial charge is 0.420 e. The normalized spacial score (nSPS) is 20.4. The number of imidazole rings is 1. The fraction of sp³-hybridized carbons (Fsp3) is 0.387. The minimum Gasteiger partial charge on any atom is -0.474 e. The van der Waals surface area contributed by atoms with E-state index in [1.54, 1.807) is 11.8 Å². The molecular weight excluding hydrogens is 531 g/mol. The monoisotopic (exact) mass is 563 g/mol. The largest absolute Gasteiger partial charge is 0.474 e. The highest BCUT2D eigenvalue weighted by Gasteiger charge is 2.59. The van der Waals surface area contributed by atoms with Crippen LogP contribution < -0.4 is 10.5 Å². The van der Waals surface area contributed by atoms with E-state index in [0.717, 1.165) is 34.0 Å². The van der Waals surface area contributed by atoms with Gasteiger partial charge < -0.3 is 19.8 Å². The standard InChI is InChI=1S/C31H32F3N5O2/c1-16-7-6-8-21(18(16)3)25-10-20(30(4,5)35)11-26(37-25)41-27-22-14-39(15-23(22)27)29(40)19-9-24(31(32,33)34)28-36-17(2)12-38(28)13-19/h6-13,22-23,27H,14-15,35H2,1-5H3/t22-,23+,27?. The lowest BCUT2D eigenvalue weighted by atomic mass is 9.93. The van der Waals surface area contributed by atoms with E-state index < -0.39 is 23.2 Å². The van der Waals surface area contributed by atoms with E-state index in [4.69, 9.17) is 15.5 Å². The van der Waals surface area contributed by atoms with E-state index >= 15 is 0 Å². The predicted octanol–water partition coefficient (Wildman–Crippen LogP) is 5.68. The predicted molar refractivity (Wildman–Crippen MR) is 149 cm³/mol. The van der Waals surface area contributed by atoms with Crippen LogP contribution in [0.5, 0.6) is 5.88 Å². The van der Waals surface area contributed by atoms with Crippen LogP contribution in [-0.4, -0.2) is 44.4 Å². The third-order valence-electron chi connectivity index (χ3n) is 8.31. The first kappa shape index (κ1) is 27.3. The Labute approximate surface area is 236 Å². The zero-order chi connectivity index (χ0) is 29.4. The van der Waals surface area contributed by atoms with Crippen molar-refractivity contribution in [1.29, 1.82) is 0 Å². The SMILES string of the molecule is Cc1cn2cc(C(=O)N3C[C@@H]4C(Oc5cc(C(C)(C)N)cc(-c6cccc(C)c6C)n5)[C@@H]4C3)cc(C(F)(F)F)c2n1. The summed E-state index contributed by atoms with van der Waals surface area (Å²) in [5.74, 6) is 0.211. The molecule has 1 aromatic carbocycles. The summed E-state index contributed by atoms with van der Waals surface area (Å²) in [4.78, 5) is 23.7. The van der Waals surface area contributed by atoms with Crippen molar-refractivity contribution >= 4 is 11.6 Å². The van der Waals surface area contributed by atoms with Crippen molar-refractivity contribution in [1.82, 2.24) is 19.3 Å². The Balaban J connectivity index is 1.21. The van der Waals surface area contributed by atoms with Crippen molar-refractivity contribution in [3.8, 4) is 17.1 Å². The summed E-state index contributed by atoms with van der Waals surface area (Å²) in [5, 5.41) is 0. The molecule has 10 heteroatoms. The number of pyridine rings is 2. The molecule has 1 saturated carbocycles. The van der Waals surface area contributed by atoms with Gasteiger partial charge in [0, 0.05) is 54.5 Å². The maximum absolute atomic E-state index is 13.7. The van der Waals surface area contributed by atoms with Gasteiger partial charge in [0.15, 0.2) is 0 Å². The molecule has 2 N–H and O–H groups in total. The van der Waals surface area contributed by atoms with Crippen molar-refractivity contribution in [3.05, 3.63) is 82.3 Å². The van der Waals surface area contributed by atoms with E-state index in [-0.39, 0.29) is 29.2 Å². The van der Waals surface area contributed by atoms with Crippen LogP contribution in [0.25, 0.3) is 16.9 Å². The molecule has 41 heavy (non-hydrogen) atoms. The number of rotatable bonds is 5. The number of likely N-dealkylation sites (tertiary alicyclic amines) is 1. The Morgan fingerprint density at radius 2 is 1.73 bits per heavy atom. The third-order valence-corrected chi connectivity index (χ3v) is 8.31. The van der Waals surface area contributed by atoms with E-state index in [9.17, 15) is 18.0 Å². The van der Waals surface area contributed by atoms with Crippen LogP contribution in [0.3, 0.4) is 0 Å². The van der Waals surface area contributed by atoms with Crippen molar-refractivity contribution < 1.29 is 22.7 Å². The molecule has 7 nitrogen and oxygen atoms in total. The van der Waals surface area contributed by atoms with Crippen LogP contribution >= 0.6 is 0 Å². The molecule has 1 unspecified atom stereocenters. The van der Waals surface area contributed by atoms with Crippen molar-refractivity contribution in [2.45, 2.75) is 52.4 Å². The number of nitrogens with two attached hydrogens (primary N) is 1. The molecule has 0 bridgehead atoms. The Morgan fingerprint density at radius 3 is 2.39 bits per heavy atom. The van der Waals surface area contributed by atoms with Crippen LogP contribution in [-0.2, 0) is 11.7 Å². The number of piperidine rings is 1. The number of aryl methyl sites for hydroxylation is 2. The number of carbonyl (C=O) groups excluding carboxylic acids is 1. The zero-order valence-corrected chi connectivity index (χ0v) is 23.6. The van der Waals surface area contributed by atoms with Crippen molar-refractivity contribution in [2.75, 3.05) is 13.1 Å². The molecular formula is C31H32F3N5O2. The van der Waals surface area contributed by atoms with Gasteiger partial charge >= 0.3 is 6.18 Å². The van der Waals surface area contributed by atoms with Crippen LogP contribution in [0.1, 0.15) is 52.2 Å². The highest BCUT2D eigenvalue weighted by Crippen LogP contribution is 2.48. The Kier molecular flexibility index (Phi) is 6.19. The lowest BCUT2D eigenvalue weighted by molar-refractivity contribution is -0.136. The van der Waals surface area contributed by atoms with Gasteiger partial charge in [0.25, 0.3) is 5.91 Å². The van der Waals surface area contributed by atoms with Crippen molar-refractivity contribution in [2.24, 2.45) is 17.6 Å². The second kappa shape index (κ2) is 9.30. The zero-order valence-electron chi connectivity index (χ0n) is 23.6. The van der Waals surface area contributed by atoms with Crippen molar-refractivity contribution in [3.63, 3.8) is 0 Å². The van der Waals surface area contributed by atoms with Crippen LogP contribution in [0.15, 0.2) is 48.8 Å². The third kappa shape index (κ3) is 4.94. The molecule has 0 radical (unpaired) electrons. The van der Waals surface area contributed by atoms with Gasteiger partial charge in [0.05, 0.1) is 22.5 Å². The number of benzene rings is 1. The minimum absolute atomic E-state index is 0.0151. The van der Waals surface area contributed by atoms with Gasteiger partial charge in [-0.25, -0.2) is 9.97 Å². The average molecular weight is 564 g/mol. The van der Waals surface area contributed by atoms with Gasteiger partial charge in [0.1, 0.15) is 11.8 Å². The summed E-state index contributed by atoms with van der Waals surface area (Å²) >= 11 is 0. The number of hydrogen-bond donors (Lipinski definition) is 1. The van der Waals surface area contributed by atoms with Gasteiger partial charge in [-0.1, -0.05) is 18.2 Å². The van der Waals surface area contributed by atoms with Gasteiger partial charge in [-0.15, -0.1) is 0 Å². The highest BCUT2D eigenvalue weighted by molar-refractivity contribution is 5.95. The molecule has 3 atom stereocenters. The number of alkyl halides is 3. The van der Waals surface area contributed by atoms with Gasteiger partial charge in [-0.05, 0) is 63.4 Å². The molecule has 2 fully saturated rings. The molecule has 3 aromatic heterocycles. The summed E-state index contributed by atoms with van der Waals surface area (Å²) in [6.45, 7) is 10.4. The number of fused-ring (bicyclic) bond motifs is 2. The maximum atomic E-state index is 13.7. The van der Waals surface area contributed by atoms with E-state index in [1.165, 1.54) is 16.8 Å². The average Bonchev–Trinajstić information content (AvgIpc) is 3.19. The number of aromatic nitrogens is 3. The Morgan fingerprint density at radius 1 is 1.02 bits per heavy atom. The molecule has 6 rings (SSSR count). The Bertz CT molecular complexity index is 1680. The molecule has 4 heterocycles. The quantitative estimate of drug-likeness (QED) is 0.338. The molecule has 1 aliphatic carbocycles. The van der Waals surface area contributed by atoms with Crippen LogP contribution in [0, 0.1) is 32.6 Å². The number of carbonyl (C=O) groups is 1. The second-order valence-corrected chi connectivity index (χ2v) is 11.9. The first-order chi connectivity index (χ1) is 19.2. The highest BCUT2D eigenvalue weighted by atomic mass is 19.4. The molecule has 2 aliphatic rings. The molecule has 1 saturated heterocycles. The number of amides is 1. The fourth-order valence-corrected chi connectivity index (χ4v) is 5.79. The van der Waals surface area contributed by atoms with E-state index in [2.05, 4.69) is 24.9 Å². The van der Waals surface area contributed by atoms with Crippen LogP contribution in [0.4, 0.5) is 13.2 Å². The van der Waals surface area contributed by atoms with E-state index in [0.29, 0.717) is 24.7 Å². The maximum Gasteiger partial charge on any atom is 0.420 e. The molecule has 0 spiro atoms. The fourth-order valence-electron chi connectivity index (χ4n) is 5.79. The first-order valence-corrected chi connectivity index (χ1v) is 13.6. The topological polar surface area (TPSA) is 85.8 Å². The minimum atomic E-state index is -4.63. The number of ether oxygens (including phenoxy) is 1. The van der Waals surface area contributed by atoms with Gasteiger partial charge in [-0.3, -0.25) is 4.79 Å². The van der Waals surface area contributed by atoms with Gasteiger partial charge in [-0.2, -0.15) is 13.2 Å². The molecule has 1 amide bonds. The molecule has 214 valence electrons.